The van der Waals surface area contributed by atoms with Gasteiger partial charge in [-0.1, -0.05) is 30.3 Å². The van der Waals surface area contributed by atoms with Gasteiger partial charge in [-0.05, 0) is 12.5 Å². The average molecular weight is 370 g/mol. The minimum Gasteiger partial charge on any atom is -0.465 e. The second-order valence-corrected chi connectivity index (χ2v) is 6.23. The van der Waals surface area contributed by atoms with Crippen LogP contribution in [0.1, 0.15) is 22.7 Å². The molecule has 0 spiro atoms. The molecule has 0 amide bonds. The molecule has 2 N–H and O–H groups in total. The van der Waals surface area contributed by atoms with Crippen LogP contribution in [0.15, 0.2) is 52.6 Å². The molecule has 1 aromatic carbocycles. The number of carbonyl (C=O) groups is 1. The molecule has 0 bridgehead atoms. The predicted octanol–water partition coefficient (Wildman–Crippen LogP) is 1.67. The lowest BCUT2D eigenvalue weighted by molar-refractivity contribution is -0.136. The molecule has 0 saturated carbocycles. The van der Waals surface area contributed by atoms with Crippen molar-refractivity contribution in [2.45, 2.75) is 19.4 Å². The third-order valence-electron chi connectivity index (χ3n) is 4.63. The molecule has 1 unspecified atom stereocenters. The summed E-state index contributed by atoms with van der Waals surface area (Å²) in [7, 11) is 2.85. The number of methoxy groups -OCH3 is 2. The summed E-state index contributed by atoms with van der Waals surface area (Å²) in [5.74, 6) is -1.01. The molecule has 2 aromatic rings. The standard InChI is InChI=1S/C20H22N2O5/c1-12-11-14-16(19(23)22(12)9-10-25-2)15(13-7-5-4-6-8-13)17(18(21)27-14)20(24)26-3/h4-8,11,15H,9-10,21H2,1-3H3. The van der Waals surface area contributed by atoms with E-state index in [1.54, 1.807) is 17.7 Å². The maximum absolute atomic E-state index is 13.3. The van der Waals surface area contributed by atoms with E-state index in [2.05, 4.69) is 0 Å². The minimum absolute atomic E-state index is 0.0587. The maximum Gasteiger partial charge on any atom is 0.340 e. The van der Waals surface area contributed by atoms with Crippen molar-refractivity contribution in [2.24, 2.45) is 5.73 Å². The van der Waals surface area contributed by atoms with E-state index in [1.165, 1.54) is 7.11 Å². The molecule has 1 aliphatic rings. The summed E-state index contributed by atoms with van der Waals surface area (Å²) >= 11 is 0. The Kier molecular flexibility index (Phi) is 5.32. The summed E-state index contributed by atoms with van der Waals surface area (Å²) in [6, 6.07) is 11.0. The van der Waals surface area contributed by atoms with Crippen LogP contribution in [0.25, 0.3) is 0 Å². The smallest absolute Gasteiger partial charge is 0.340 e. The number of carbonyl (C=O) groups excluding carboxylic acids is 1. The quantitative estimate of drug-likeness (QED) is 0.805. The zero-order valence-electron chi connectivity index (χ0n) is 15.5. The highest BCUT2D eigenvalue weighted by Gasteiger charge is 2.38. The minimum atomic E-state index is -0.677. The molecular weight excluding hydrogens is 348 g/mol. The molecule has 7 nitrogen and oxygen atoms in total. The maximum atomic E-state index is 13.3. The van der Waals surface area contributed by atoms with Crippen LogP contribution in [-0.4, -0.2) is 31.4 Å². The van der Waals surface area contributed by atoms with Crippen LogP contribution in [0.3, 0.4) is 0 Å². The van der Waals surface area contributed by atoms with Gasteiger partial charge in [0, 0.05) is 25.4 Å². The lowest BCUT2D eigenvalue weighted by Crippen LogP contribution is -2.35. The van der Waals surface area contributed by atoms with Crippen molar-refractivity contribution >= 4 is 5.97 Å². The molecule has 0 aliphatic carbocycles. The molecule has 1 aliphatic heterocycles. The summed E-state index contributed by atoms with van der Waals surface area (Å²) < 4.78 is 17.3. The van der Waals surface area contributed by atoms with Gasteiger partial charge in [-0.3, -0.25) is 4.79 Å². The summed E-state index contributed by atoms with van der Waals surface area (Å²) in [5, 5.41) is 0. The number of aromatic nitrogens is 1. The Morgan fingerprint density at radius 2 is 1.96 bits per heavy atom. The molecule has 27 heavy (non-hydrogen) atoms. The number of nitrogens with two attached hydrogens (primary N) is 1. The summed E-state index contributed by atoms with van der Waals surface area (Å²) in [4.78, 5) is 25.7. The van der Waals surface area contributed by atoms with Gasteiger partial charge in [-0.25, -0.2) is 4.79 Å². The third kappa shape index (κ3) is 3.33. The van der Waals surface area contributed by atoms with Gasteiger partial charge in [0.2, 0.25) is 5.88 Å². The predicted molar refractivity (Wildman–Crippen MR) is 99.5 cm³/mol. The lowest BCUT2D eigenvalue weighted by Gasteiger charge is -2.29. The lowest BCUT2D eigenvalue weighted by atomic mass is 9.83. The van der Waals surface area contributed by atoms with Gasteiger partial charge in [0.15, 0.2) is 0 Å². The van der Waals surface area contributed by atoms with Crippen LogP contribution in [0.4, 0.5) is 0 Å². The summed E-state index contributed by atoms with van der Waals surface area (Å²) in [6.45, 7) is 2.59. The molecule has 7 heteroatoms. The van der Waals surface area contributed by atoms with Crippen molar-refractivity contribution in [3.8, 4) is 5.75 Å². The Morgan fingerprint density at radius 3 is 2.59 bits per heavy atom. The van der Waals surface area contributed by atoms with E-state index in [0.717, 1.165) is 11.3 Å². The number of rotatable bonds is 5. The molecule has 2 heterocycles. The number of aryl methyl sites for hydroxylation is 1. The van der Waals surface area contributed by atoms with Gasteiger partial charge >= 0.3 is 5.97 Å². The summed E-state index contributed by atoms with van der Waals surface area (Å²) in [5.41, 5.74) is 7.75. The van der Waals surface area contributed by atoms with Crippen molar-refractivity contribution in [1.82, 2.24) is 4.57 Å². The molecule has 0 radical (unpaired) electrons. The number of hydrogen-bond donors (Lipinski definition) is 1. The monoisotopic (exact) mass is 370 g/mol. The average Bonchev–Trinajstić information content (AvgIpc) is 2.67. The second kappa shape index (κ2) is 7.67. The van der Waals surface area contributed by atoms with Crippen molar-refractivity contribution in [3.05, 3.63) is 75.0 Å². The highest BCUT2D eigenvalue weighted by Crippen LogP contribution is 2.41. The Labute approximate surface area is 157 Å². The van der Waals surface area contributed by atoms with Gasteiger partial charge in [-0.15, -0.1) is 0 Å². The fourth-order valence-electron chi connectivity index (χ4n) is 3.33. The molecule has 142 valence electrons. The van der Waals surface area contributed by atoms with Crippen molar-refractivity contribution in [2.75, 3.05) is 20.8 Å². The molecular formula is C20H22N2O5. The largest absolute Gasteiger partial charge is 0.465 e. The number of esters is 1. The van der Waals surface area contributed by atoms with Crippen molar-refractivity contribution < 1.29 is 19.0 Å². The summed E-state index contributed by atoms with van der Waals surface area (Å²) in [6.07, 6.45) is 0. The van der Waals surface area contributed by atoms with Gasteiger partial charge in [0.25, 0.3) is 5.56 Å². The van der Waals surface area contributed by atoms with E-state index in [9.17, 15) is 9.59 Å². The number of pyridine rings is 1. The van der Waals surface area contributed by atoms with Gasteiger partial charge in [-0.2, -0.15) is 0 Å². The van der Waals surface area contributed by atoms with Crippen LogP contribution >= 0.6 is 0 Å². The Hall–Kier alpha value is -3.06. The Morgan fingerprint density at radius 1 is 1.26 bits per heavy atom. The molecule has 1 atom stereocenters. The van der Waals surface area contributed by atoms with Crippen LogP contribution in [0, 0.1) is 6.92 Å². The molecule has 0 saturated heterocycles. The number of fused-ring (bicyclic) bond motifs is 1. The van der Waals surface area contributed by atoms with Gasteiger partial charge in [0.1, 0.15) is 11.3 Å². The fraction of sp³-hybridized carbons (Fsp3) is 0.300. The van der Waals surface area contributed by atoms with E-state index in [-0.39, 0.29) is 17.0 Å². The number of hydrogen-bond acceptors (Lipinski definition) is 6. The first-order chi connectivity index (χ1) is 13.0. The zero-order chi connectivity index (χ0) is 19.6. The highest BCUT2D eigenvalue weighted by molar-refractivity contribution is 5.92. The fourth-order valence-corrected chi connectivity index (χ4v) is 3.33. The van der Waals surface area contributed by atoms with E-state index in [4.69, 9.17) is 19.9 Å². The van der Waals surface area contributed by atoms with Crippen molar-refractivity contribution in [1.29, 1.82) is 0 Å². The normalized spacial score (nSPS) is 15.9. The second-order valence-electron chi connectivity index (χ2n) is 6.23. The Balaban J connectivity index is 2.28. The third-order valence-corrected chi connectivity index (χ3v) is 4.63. The van der Waals surface area contributed by atoms with Gasteiger partial charge < -0.3 is 24.5 Å². The van der Waals surface area contributed by atoms with Gasteiger partial charge in [0.05, 0.1) is 25.2 Å². The van der Waals surface area contributed by atoms with Crippen LogP contribution in [0.2, 0.25) is 0 Å². The SMILES string of the molecule is COCCn1c(C)cc2c(c1=O)C(c1ccccc1)C(C(=O)OC)=C(N)O2. The molecule has 0 fully saturated rings. The number of ether oxygens (including phenoxy) is 3. The van der Waals surface area contributed by atoms with E-state index >= 15 is 0 Å². The van der Waals surface area contributed by atoms with Crippen LogP contribution < -0.4 is 16.0 Å². The first-order valence-corrected chi connectivity index (χ1v) is 8.53. The Bertz CT molecular complexity index is 947. The first-order valence-electron chi connectivity index (χ1n) is 8.53. The number of nitrogens with zero attached hydrogens (tertiary/aromatic N) is 1. The van der Waals surface area contributed by atoms with E-state index < -0.39 is 11.9 Å². The molecule has 3 rings (SSSR count). The van der Waals surface area contributed by atoms with Crippen LogP contribution in [-0.2, 0) is 20.8 Å². The highest BCUT2D eigenvalue weighted by atomic mass is 16.5. The van der Waals surface area contributed by atoms with E-state index in [0.29, 0.717) is 24.5 Å². The number of benzene rings is 1. The topological polar surface area (TPSA) is 92.8 Å². The molecule has 1 aromatic heterocycles. The zero-order valence-corrected chi connectivity index (χ0v) is 15.5. The van der Waals surface area contributed by atoms with Crippen LogP contribution in [0.5, 0.6) is 5.75 Å². The van der Waals surface area contributed by atoms with Crippen molar-refractivity contribution in [3.63, 3.8) is 0 Å². The van der Waals surface area contributed by atoms with E-state index in [1.807, 2.05) is 37.3 Å². The first kappa shape index (κ1) is 18.7.